The van der Waals surface area contributed by atoms with Gasteiger partial charge in [-0.15, -0.1) is 0 Å². The molecule has 0 heterocycles. The molecule has 3 aromatic carbocycles. The predicted molar refractivity (Wildman–Crippen MR) is 95.7 cm³/mol. The summed E-state index contributed by atoms with van der Waals surface area (Å²) in [4.78, 5) is 4.27. The lowest BCUT2D eigenvalue weighted by Crippen LogP contribution is -3.00. The Bertz CT molecular complexity index is 687. The molecule has 0 unspecified atom stereocenters. The largest absolute Gasteiger partial charge is 1.00 e. The van der Waals surface area contributed by atoms with Gasteiger partial charge in [0.2, 0.25) is 0 Å². The molecule has 0 aliphatic rings. The van der Waals surface area contributed by atoms with Crippen LogP contribution in [-0.4, -0.2) is 0 Å². The van der Waals surface area contributed by atoms with Crippen LogP contribution in [-0.2, 0) is 10.9 Å². The van der Waals surface area contributed by atoms with Crippen LogP contribution in [0.2, 0.25) is 0 Å². The van der Waals surface area contributed by atoms with Crippen molar-refractivity contribution in [1.29, 1.82) is 0 Å². The van der Waals surface area contributed by atoms with E-state index in [1.165, 1.54) is 31.4 Å². The van der Waals surface area contributed by atoms with Gasteiger partial charge in [-0.1, -0.05) is 54.6 Å². The quantitative estimate of drug-likeness (QED) is 0.643. The fourth-order valence-electron chi connectivity index (χ4n) is 2.71. The number of hydrogen-bond donors (Lipinski definition) is 0. The third-order valence-corrected chi connectivity index (χ3v) is 6.63. The van der Waals surface area contributed by atoms with E-state index in [4.69, 9.17) is 0 Å². The van der Waals surface area contributed by atoms with Gasteiger partial charge < -0.3 is 12.4 Å². The molecule has 0 aliphatic carbocycles. The van der Waals surface area contributed by atoms with Crippen LogP contribution in [0.4, 0.5) is 0 Å². The van der Waals surface area contributed by atoms with E-state index in [0.29, 0.717) is 0 Å². The van der Waals surface area contributed by atoms with E-state index >= 15 is 0 Å². The molecule has 0 saturated heterocycles. The minimum Gasteiger partial charge on any atom is -1.00 e. The summed E-state index contributed by atoms with van der Waals surface area (Å²) in [5.41, 5.74) is 4.08. The molecule has 3 rings (SSSR count). The topological polar surface area (TPSA) is 0 Å². The van der Waals surface area contributed by atoms with Gasteiger partial charge >= 0.3 is 0 Å². The van der Waals surface area contributed by atoms with Crippen molar-refractivity contribution in [3.63, 3.8) is 0 Å². The Kier molecular flexibility index (Phi) is 5.92. The van der Waals surface area contributed by atoms with Crippen molar-refractivity contribution in [3.8, 4) is 0 Å². The van der Waals surface area contributed by atoms with Gasteiger partial charge in [0.05, 0.1) is 0 Å². The van der Waals surface area contributed by atoms with Crippen LogP contribution in [0.25, 0.3) is 0 Å². The number of halogens is 1. The highest BCUT2D eigenvalue weighted by Crippen LogP contribution is 2.36. The zero-order valence-electron chi connectivity index (χ0n) is 13.7. The molecule has 0 nitrogen and oxygen atoms in total. The number of benzene rings is 3. The summed E-state index contributed by atoms with van der Waals surface area (Å²) in [6.45, 7) is 6.64. The smallest absolute Gasteiger partial charge is 0.169 e. The first-order valence-corrected chi connectivity index (χ1v) is 8.82. The van der Waals surface area contributed by atoms with E-state index in [0.717, 1.165) is 0 Å². The molecule has 0 atom stereocenters. The highest BCUT2D eigenvalue weighted by molar-refractivity contribution is 7.97. The van der Waals surface area contributed by atoms with Crippen molar-refractivity contribution in [2.45, 2.75) is 35.5 Å². The summed E-state index contributed by atoms with van der Waals surface area (Å²) >= 11 is 0. The highest BCUT2D eigenvalue weighted by atomic mass is 35.5. The van der Waals surface area contributed by atoms with E-state index in [1.54, 1.807) is 0 Å². The Balaban J connectivity index is 0.00000192. The maximum atomic E-state index is 2.28. The third kappa shape index (κ3) is 3.63. The lowest BCUT2D eigenvalue weighted by molar-refractivity contribution is -0.00000464. The van der Waals surface area contributed by atoms with E-state index in [1.807, 2.05) is 0 Å². The SMILES string of the molecule is Cc1ccccc1[S+](c1ccccc1C)c1ccccc1C.[Cl-]. The predicted octanol–water partition coefficient (Wildman–Crippen LogP) is 2.71. The van der Waals surface area contributed by atoms with Crippen molar-refractivity contribution in [2.24, 2.45) is 0 Å². The van der Waals surface area contributed by atoms with Crippen LogP contribution >= 0.6 is 0 Å². The normalized spacial score (nSPS) is 10.4. The number of hydrogen-bond acceptors (Lipinski definition) is 0. The van der Waals surface area contributed by atoms with Gasteiger partial charge in [-0.3, -0.25) is 0 Å². The van der Waals surface area contributed by atoms with Gasteiger partial charge in [0.1, 0.15) is 10.9 Å². The van der Waals surface area contributed by atoms with Crippen molar-refractivity contribution in [3.05, 3.63) is 89.5 Å². The molecule has 0 saturated carbocycles. The van der Waals surface area contributed by atoms with Crippen LogP contribution in [0.3, 0.4) is 0 Å². The molecule has 0 spiro atoms. The van der Waals surface area contributed by atoms with Crippen LogP contribution in [0, 0.1) is 20.8 Å². The highest BCUT2D eigenvalue weighted by Gasteiger charge is 2.32. The van der Waals surface area contributed by atoms with Gasteiger partial charge in [-0.05, 0) is 39.0 Å². The van der Waals surface area contributed by atoms with Crippen molar-refractivity contribution < 1.29 is 12.4 Å². The molecular weight excluding hydrogens is 320 g/mol. The number of aryl methyl sites for hydroxylation is 3. The first-order chi connectivity index (χ1) is 10.7. The second kappa shape index (κ2) is 7.72. The molecule has 0 fully saturated rings. The molecule has 0 N–H and O–H groups in total. The molecule has 0 aromatic heterocycles. The van der Waals surface area contributed by atoms with Crippen molar-refractivity contribution in [1.82, 2.24) is 0 Å². The maximum Gasteiger partial charge on any atom is 0.169 e. The van der Waals surface area contributed by atoms with Crippen LogP contribution in [0.1, 0.15) is 16.7 Å². The van der Waals surface area contributed by atoms with Gasteiger partial charge in [-0.25, -0.2) is 0 Å². The Hall–Kier alpha value is -1.70. The average Bonchev–Trinajstić information content (AvgIpc) is 2.53. The molecule has 0 bridgehead atoms. The van der Waals surface area contributed by atoms with E-state index in [9.17, 15) is 0 Å². The minimum atomic E-state index is -0.0494. The molecular formula is C21H21ClS. The summed E-state index contributed by atoms with van der Waals surface area (Å²) in [7, 11) is -0.0494. The van der Waals surface area contributed by atoms with Gasteiger partial charge in [0.15, 0.2) is 14.7 Å². The molecule has 0 radical (unpaired) electrons. The summed E-state index contributed by atoms with van der Waals surface area (Å²) in [5, 5.41) is 0. The summed E-state index contributed by atoms with van der Waals surface area (Å²) in [5.74, 6) is 0. The third-order valence-electron chi connectivity index (χ3n) is 3.94. The van der Waals surface area contributed by atoms with Crippen LogP contribution in [0.5, 0.6) is 0 Å². The van der Waals surface area contributed by atoms with Crippen LogP contribution < -0.4 is 12.4 Å². The first-order valence-electron chi connectivity index (χ1n) is 7.59. The Morgan fingerprint density at radius 1 is 0.478 bits per heavy atom. The maximum absolute atomic E-state index is 2.28. The second-order valence-corrected chi connectivity index (χ2v) is 7.53. The monoisotopic (exact) mass is 340 g/mol. The fraction of sp³-hybridized carbons (Fsp3) is 0.143. The molecule has 0 aliphatic heterocycles. The van der Waals surface area contributed by atoms with E-state index in [2.05, 4.69) is 93.6 Å². The zero-order chi connectivity index (χ0) is 15.5. The first kappa shape index (κ1) is 17.7. The summed E-state index contributed by atoms with van der Waals surface area (Å²) in [6.07, 6.45) is 0. The lowest BCUT2D eigenvalue weighted by Gasteiger charge is -2.13. The van der Waals surface area contributed by atoms with Crippen molar-refractivity contribution in [2.75, 3.05) is 0 Å². The molecule has 0 amide bonds. The summed E-state index contributed by atoms with van der Waals surface area (Å²) in [6, 6.07) is 26.3. The Morgan fingerprint density at radius 3 is 1.00 bits per heavy atom. The van der Waals surface area contributed by atoms with Crippen LogP contribution in [0.15, 0.2) is 87.5 Å². The fourth-order valence-corrected chi connectivity index (χ4v) is 5.24. The lowest BCUT2D eigenvalue weighted by atomic mass is 10.2. The zero-order valence-corrected chi connectivity index (χ0v) is 15.3. The van der Waals surface area contributed by atoms with Gasteiger partial charge in [0, 0.05) is 16.7 Å². The molecule has 2 heteroatoms. The standard InChI is InChI=1S/C21H21S.ClH/c1-16-10-4-7-13-19(16)22(20-14-8-5-11-17(20)2)21-15-9-6-12-18(21)3;/h4-15H,1-3H3;1H/q+1;/p-1. The summed E-state index contributed by atoms with van der Waals surface area (Å²) < 4.78 is 0. The van der Waals surface area contributed by atoms with Crippen molar-refractivity contribution >= 4 is 10.9 Å². The Morgan fingerprint density at radius 2 is 0.739 bits per heavy atom. The Labute approximate surface area is 148 Å². The van der Waals surface area contributed by atoms with E-state index < -0.39 is 0 Å². The molecule has 118 valence electrons. The second-order valence-electron chi connectivity index (χ2n) is 5.60. The van der Waals surface area contributed by atoms with E-state index in [-0.39, 0.29) is 23.3 Å². The number of rotatable bonds is 3. The molecule has 23 heavy (non-hydrogen) atoms. The minimum absolute atomic E-state index is 0. The van der Waals surface area contributed by atoms with Gasteiger partial charge in [0.25, 0.3) is 0 Å². The molecule has 3 aromatic rings. The van der Waals surface area contributed by atoms with Gasteiger partial charge in [-0.2, -0.15) is 0 Å². The average molecular weight is 341 g/mol.